The molecule has 0 aliphatic rings. The van der Waals surface area contributed by atoms with Crippen molar-refractivity contribution in [1.82, 2.24) is 10.6 Å². The van der Waals surface area contributed by atoms with Crippen molar-refractivity contribution in [2.45, 2.75) is 12.6 Å². The molecule has 2 aromatic rings. The lowest BCUT2D eigenvalue weighted by Crippen LogP contribution is -2.41. The molecule has 0 radical (unpaired) electrons. The van der Waals surface area contributed by atoms with Crippen molar-refractivity contribution in [3.05, 3.63) is 59.8 Å². The summed E-state index contributed by atoms with van der Waals surface area (Å²) in [5.41, 5.74) is 0.573. The molecule has 0 unspecified atom stereocenters. The number of ether oxygens (including phenoxy) is 1. The molecule has 1 atom stereocenters. The van der Waals surface area contributed by atoms with Gasteiger partial charge in [0.05, 0.1) is 18.9 Å². The van der Waals surface area contributed by atoms with E-state index in [1.54, 1.807) is 24.3 Å². The first-order chi connectivity index (χ1) is 11.1. The van der Waals surface area contributed by atoms with Crippen LogP contribution in [0.3, 0.4) is 0 Å². The largest absolute Gasteiger partial charge is 0.467 e. The van der Waals surface area contributed by atoms with Crippen LogP contribution in [0.2, 0.25) is 0 Å². The third-order valence-corrected chi connectivity index (χ3v) is 3.16. The average molecular weight is 320 g/mol. The van der Waals surface area contributed by atoms with Crippen molar-refractivity contribution in [2.24, 2.45) is 0 Å². The van der Waals surface area contributed by atoms with E-state index in [0.717, 1.165) is 0 Å². The number of nitrogens with one attached hydrogen (secondary N) is 2. The summed E-state index contributed by atoms with van der Waals surface area (Å²) < 4.78 is 23.5. The molecule has 6 nitrogen and oxygen atoms in total. The Kier molecular flexibility index (Phi) is 5.87. The summed E-state index contributed by atoms with van der Waals surface area (Å²) in [7, 11) is 1.44. The van der Waals surface area contributed by atoms with E-state index >= 15 is 0 Å². The molecule has 1 aromatic carbocycles. The monoisotopic (exact) mass is 320 g/mol. The van der Waals surface area contributed by atoms with Gasteiger partial charge in [0.2, 0.25) is 0 Å². The molecule has 0 saturated carbocycles. The van der Waals surface area contributed by atoms with Crippen LogP contribution >= 0.6 is 0 Å². The zero-order valence-electron chi connectivity index (χ0n) is 12.5. The standard InChI is InChI=1S/C16H17FN2O4/c1-22-14(11-4-2-5-12(17)8-11)10-19-16(21)15(20)18-9-13-6-3-7-23-13/h2-8,14H,9-10H2,1H3,(H,18,20)(H,19,21)/t14-/m0/s1. The van der Waals surface area contributed by atoms with Gasteiger partial charge in [0.25, 0.3) is 0 Å². The van der Waals surface area contributed by atoms with Crippen LogP contribution < -0.4 is 10.6 Å². The molecule has 0 aliphatic carbocycles. The summed E-state index contributed by atoms with van der Waals surface area (Å²) >= 11 is 0. The van der Waals surface area contributed by atoms with Crippen LogP contribution in [0.25, 0.3) is 0 Å². The van der Waals surface area contributed by atoms with Crippen LogP contribution in [0.1, 0.15) is 17.4 Å². The van der Waals surface area contributed by atoms with Crippen molar-refractivity contribution < 1.29 is 23.1 Å². The molecule has 1 aromatic heterocycles. The summed E-state index contributed by atoms with van der Waals surface area (Å²) in [5, 5.41) is 4.88. The summed E-state index contributed by atoms with van der Waals surface area (Å²) in [4.78, 5) is 23.4. The summed E-state index contributed by atoms with van der Waals surface area (Å²) in [5.74, 6) is -1.43. The van der Waals surface area contributed by atoms with E-state index in [2.05, 4.69) is 10.6 Å². The SMILES string of the molecule is CO[C@@H](CNC(=O)C(=O)NCc1ccco1)c1cccc(F)c1. The minimum Gasteiger partial charge on any atom is -0.467 e. The van der Waals surface area contributed by atoms with E-state index in [0.29, 0.717) is 11.3 Å². The maximum absolute atomic E-state index is 13.2. The third kappa shape index (κ3) is 4.93. The van der Waals surface area contributed by atoms with Crippen LogP contribution in [-0.2, 0) is 20.9 Å². The number of carbonyl (C=O) groups excluding carboxylic acids is 2. The molecule has 1 heterocycles. The van der Waals surface area contributed by atoms with Gasteiger partial charge in [-0.3, -0.25) is 9.59 Å². The molecule has 2 amide bonds. The van der Waals surface area contributed by atoms with Crippen LogP contribution in [0.15, 0.2) is 47.1 Å². The van der Waals surface area contributed by atoms with Crippen molar-refractivity contribution in [3.8, 4) is 0 Å². The van der Waals surface area contributed by atoms with Crippen molar-refractivity contribution in [3.63, 3.8) is 0 Å². The van der Waals surface area contributed by atoms with Crippen LogP contribution in [-0.4, -0.2) is 25.5 Å². The number of hydrogen-bond donors (Lipinski definition) is 2. The Hall–Kier alpha value is -2.67. The van der Waals surface area contributed by atoms with Gasteiger partial charge in [0, 0.05) is 13.7 Å². The lowest BCUT2D eigenvalue weighted by molar-refractivity contribution is -0.139. The quantitative estimate of drug-likeness (QED) is 0.791. The van der Waals surface area contributed by atoms with E-state index in [9.17, 15) is 14.0 Å². The Morgan fingerprint density at radius 3 is 2.65 bits per heavy atom. The molecular weight excluding hydrogens is 303 g/mol. The molecule has 0 aliphatic heterocycles. The number of carbonyl (C=O) groups is 2. The topological polar surface area (TPSA) is 80.6 Å². The van der Waals surface area contributed by atoms with Gasteiger partial charge in [-0.15, -0.1) is 0 Å². The molecule has 0 spiro atoms. The van der Waals surface area contributed by atoms with E-state index in [1.165, 1.54) is 25.5 Å². The fourth-order valence-electron chi connectivity index (χ4n) is 1.97. The molecular formula is C16H17FN2O4. The number of amides is 2. The van der Waals surface area contributed by atoms with E-state index in [1.807, 2.05) is 0 Å². The number of rotatable bonds is 6. The van der Waals surface area contributed by atoms with E-state index < -0.39 is 23.7 Å². The highest BCUT2D eigenvalue weighted by atomic mass is 19.1. The second-order valence-electron chi connectivity index (χ2n) is 4.75. The van der Waals surface area contributed by atoms with Gasteiger partial charge in [-0.05, 0) is 29.8 Å². The minimum absolute atomic E-state index is 0.0486. The van der Waals surface area contributed by atoms with Crippen molar-refractivity contribution in [1.29, 1.82) is 0 Å². The highest BCUT2D eigenvalue weighted by Crippen LogP contribution is 2.16. The summed E-state index contributed by atoms with van der Waals surface area (Å²) in [6.07, 6.45) is 0.927. The average Bonchev–Trinajstić information content (AvgIpc) is 3.06. The molecule has 0 fully saturated rings. The van der Waals surface area contributed by atoms with Crippen LogP contribution in [0.4, 0.5) is 4.39 Å². The molecule has 122 valence electrons. The Morgan fingerprint density at radius 2 is 2.00 bits per heavy atom. The highest BCUT2D eigenvalue weighted by Gasteiger charge is 2.17. The fraction of sp³-hybridized carbons (Fsp3) is 0.250. The van der Waals surface area contributed by atoms with Gasteiger partial charge in [-0.2, -0.15) is 0 Å². The predicted octanol–water partition coefficient (Wildman–Crippen LogP) is 1.54. The Bertz CT molecular complexity index is 658. The van der Waals surface area contributed by atoms with Crippen LogP contribution in [0.5, 0.6) is 0 Å². The number of halogens is 1. The lowest BCUT2D eigenvalue weighted by atomic mass is 10.1. The highest BCUT2D eigenvalue weighted by molar-refractivity contribution is 6.35. The second kappa shape index (κ2) is 8.09. The maximum Gasteiger partial charge on any atom is 0.309 e. The second-order valence-corrected chi connectivity index (χ2v) is 4.75. The Labute approximate surface area is 132 Å². The first-order valence-corrected chi connectivity index (χ1v) is 6.97. The molecule has 0 saturated heterocycles. The van der Waals surface area contributed by atoms with Gasteiger partial charge < -0.3 is 19.8 Å². The van der Waals surface area contributed by atoms with Gasteiger partial charge >= 0.3 is 11.8 Å². The first kappa shape index (κ1) is 16.7. The molecule has 2 N–H and O–H groups in total. The smallest absolute Gasteiger partial charge is 0.309 e. The molecule has 2 rings (SSSR count). The number of furan rings is 1. The van der Waals surface area contributed by atoms with E-state index in [4.69, 9.17) is 9.15 Å². The Balaban J connectivity index is 1.83. The zero-order chi connectivity index (χ0) is 16.7. The summed E-state index contributed by atoms with van der Waals surface area (Å²) in [6.45, 7) is 0.170. The number of methoxy groups -OCH3 is 1. The zero-order valence-corrected chi connectivity index (χ0v) is 12.5. The third-order valence-electron chi connectivity index (χ3n) is 3.16. The predicted molar refractivity (Wildman–Crippen MR) is 79.7 cm³/mol. The normalized spacial score (nSPS) is 11.7. The summed E-state index contributed by atoms with van der Waals surface area (Å²) in [6, 6.07) is 9.23. The van der Waals surface area contributed by atoms with Gasteiger partial charge in [0.15, 0.2) is 0 Å². The molecule has 0 bridgehead atoms. The van der Waals surface area contributed by atoms with Crippen molar-refractivity contribution in [2.75, 3.05) is 13.7 Å². The molecule has 23 heavy (non-hydrogen) atoms. The number of benzene rings is 1. The van der Waals surface area contributed by atoms with Crippen molar-refractivity contribution >= 4 is 11.8 Å². The van der Waals surface area contributed by atoms with Crippen LogP contribution in [0, 0.1) is 5.82 Å². The Morgan fingerprint density at radius 1 is 1.22 bits per heavy atom. The maximum atomic E-state index is 13.2. The lowest BCUT2D eigenvalue weighted by Gasteiger charge is -2.16. The van der Waals surface area contributed by atoms with E-state index in [-0.39, 0.29) is 13.1 Å². The first-order valence-electron chi connectivity index (χ1n) is 6.97. The fourth-order valence-corrected chi connectivity index (χ4v) is 1.97. The minimum atomic E-state index is -0.796. The molecule has 7 heteroatoms. The van der Waals surface area contributed by atoms with Gasteiger partial charge in [-0.25, -0.2) is 4.39 Å². The number of hydrogen-bond acceptors (Lipinski definition) is 4. The van der Waals surface area contributed by atoms with Gasteiger partial charge in [0.1, 0.15) is 11.6 Å². The van der Waals surface area contributed by atoms with Gasteiger partial charge in [-0.1, -0.05) is 12.1 Å².